The van der Waals surface area contributed by atoms with Gasteiger partial charge in [0.25, 0.3) is 0 Å². The summed E-state index contributed by atoms with van der Waals surface area (Å²) >= 11 is 3.45. The molecule has 0 aliphatic heterocycles. The van der Waals surface area contributed by atoms with Gasteiger partial charge >= 0.3 is 0 Å². The molecule has 0 N–H and O–H groups in total. The van der Waals surface area contributed by atoms with Gasteiger partial charge in [-0.05, 0) is 19.1 Å². The Hall–Kier alpha value is -1.69. The van der Waals surface area contributed by atoms with E-state index in [9.17, 15) is 4.79 Å². The summed E-state index contributed by atoms with van der Waals surface area (Å²) < 4.78 is 8.26. The lowest BCUT2D eigenvalue weighted by atomic mass is 10.2. The molecule has 0 fully saturated rings. The van der Waals surface area contributed by atoms with Crippen molar-refractivity contribution in [1.82, 2.24) is 15.0 Å². The minimum atomic E-state index is 0.327. The zero-order valence-electron chi connectivity index (χ0n) is 9.84. The Morgan fingerprint density at radius 3 is 3.06 bits per heavy atom. The van der Waals surface area contributed by atoms with Crippen LogP contribution >= 0.6 is 15.9 Å². The van der Waals surface area contributed by atoms with Gasteiger partial charge in [0.15, 0.2) is 6.29 Å². The predicted molar refractivity (Wildman–Crippen MR) is 69.8 cm³/mol. The van der Waals surface area contributed by atoms with E-state index < -0.39 is 0 Å². The fourth-order valence-electron chi connectivity index (χ4n) is 1.47. The summed E-state index contributed by atoms with van der Waals surface area (Å²) in [4.78, 5) is 10.4. The largest absolute Gasteiger partial charge is 0.491 e. The van der Waals surface area contributed by atoms with Crippen LogP contribution in [-0.4, -0.2) is 27.9 Å². The third-order valence-corrected chi connectivity index (χ3v) is 3.33. The molecule has 18 heavy (non-hydrogen) atoms. The average Bonchev–Trinajstić information content (AvgIpc) is 2.82. The summed E-state index contributed by atoms with van der Waals surface area (Å²) in [6, 6.07) is 5.81. The lowest BCUT2D eigenvalue weighted by molar-refractivity contribution is 0.111. The molecule has 1 aromatic heterocycles. The first-order chi connectivity index (χ1) is 8.70. The average molecular weight is 310 g/mol. The molecule has 0 saturated heterocycles. The molecule has 2 rings (SSSR count). The highest BCUT2D eigenvalue weighted by Gasteiger charge is 2.03. The molecule has 0 aliphatic rings. The van der Waals surface area contributed by atoms with E-state index in [0.717, 1.165) is 15.8 Å². The molecule has 0 amide bonds. The van der Waals surface area contributed by atoms with Gasteiger partial charge in [-0.2, -0.15) is 0 Å². The van der Waals surface area contributed by atoms with Gasteiger partial charge < -0.3 is 4.74 Å². The summed E-state index contributed by atoms with van der Waals surface area (Å²) in [6.45, 7) is 3.01. The summed E-state index contributed by atoms with van der Waals surface area (Å²) in [7, 11) is 0. The molecule has 0 unspecified atom stereocenters. The highest BCUT2D eigenvalue weighted by molar-refractivity contribution is 9.10. The quantitative estimate of drug-likeness (QED) is 0.795. The maximum atomic E-state index is 10.4. The minimum Gasteiger partial charge on any atom is -0.491 e. The minimum absolute atomic E-state index is 0.327. The fourth-order valence-corrected chi connectivity index (χ4v) is 1.82. The molecule has 5 nitrogen and oxygen atoms in total. The van der Waals surface area contributed by atoms with Crippen molar-refractivity contribution in [2.45, 2.75) is 13.5 Å². The molecule has 2 aromatic rings. The molecule has 6 heteroatoms. The Bertz CT molecular complexity index is 554. The van der Waals surface area contributed by atoms with E-state index in [1.54, 1.807) is 10.9 Å². The Kier molecular flexibility index (Phi) is 4.09. The summed E-state index contributed by atoms with van der Waals surface area (Å²) in [5.41, 5.74) is 1.39. The number of hydrogen-bond donors (Lipinski definition) is 0. The zero-order valence-corrected chi connectivity index (χ0v) is 11.4. The van der Waals surface area contributed by atoms with Crippen molar-refractivity contribution in [1.29, 1.82) is 0 Å². The molecule has 0 bridgehead atoms. The van der Waals surface area contributed by atoms with Crippen LogP contribution in [0.5, 0.6) is 5.75 Å². The number of aldehydes is 1. The van der Waals surface area contributed by atoms with Gasteiger partial charge in [0, 0.05) is 10.0 Å². The zero-order chi connectivity index (χ0) is 13.0. The summed E-state index contributed by atoms with van der Waals surface area (Å²) in [5, 5.41) is 7.48. The van der Waals surface area contributed by atoms with Gasteiger partial charge in [0.05, 0.1) is 12.7 Å². The van der Waals surface area contributed by atoms with Crippen LogP contribution < -0.4 is 4.74 Å². The number of nitrogens with zero attached hydrogens (tertiary/aromatic N) is 3. The molecular weight excluding hydrogens is 298 g/mol. The van der Waals surface area contributed by atoms with Crippen molar-refractivity contribution in [3.63, 3.8) is 0 Å². The van der Waals surface area contributed by atoms with Crippen LogP contribution in [0.1, 0.15) is 16.1 Å². The summed E-state index contributed by atoms with van der Waals surface area (Å²) in [5.74, 6) is 0.833. The van der Waals surface area contributed by atoms with Crippen LogP contribution in [0.2, 0.25) is 0 Å². The lowest BCUT2D eigenvalue weighted by Gasteiger charge is -2.09. The number of carbonyl (C=O) groups excluding carboxylic acids is 1. The summed E-state index contributed by atoms with van der Waals surface area (Å²) in [6.07, 6.45) is 2.26. The Morgan fingerprint density at radius 2 is 2.33 bits per heavy atom. The third kappa shape index (κ3) is 2.95. The highest BCUT2D eigenvalue weighted by Crippen LogP contribution is 2.25. The number of rotatable bonds is 5. The van der Waals surface area contributed by atoms with Gasteiger partial charge in [-0.3, -0.25) is 4.79 Å². The predicted octanol–water partition coefficient (Wildman–Crippen LogP) is 2.24. The number of ether oxygens (including phenoxy) is 1. The maximum absolute atomic E-state index is 10.4. The maximum Gasteiger partial charge on any atom is 0.171 e. The van der Waals surface area contributed by atoms with Crippen LogP contribution in [0.15, 0.2) is 28.9 Å². The van der Waals surface area contributed by atoms with E-state index in [1.807, 2.05) is 25.1 Å². The van der Waals surface area contributed by atoms with E-state index in [2.05, 4.69) is 26.2 Å². The van der Waals surface area contributed by atoms with Gasteiger partial charge in [0.1, 0.15) is 18.1 Å². The molecule has 0 saturated carbocycles. The number of carbonyl (C=O) groups is 1. The van der Waals surface area contributed by atoms with Crippen LogP contribution in [0.25, 0.3) is 0 Å². The topological polar surface area (TPSA) is 57.0 Å². The Balaban J connectivity index is 1.92. The van der Waals surface area contributed by atoms with Crippen molar-refractivity contribution in [2.75, 3.05) is 6.61 Å². The van der Waals surface area contributed by atoms with Gasteiger partial charge in [0.2, 0.25) is 0 Å². The van der Waals surface area contributed by atoms with Crippen molar-refractivity contribution < 1.29 is 9.53 Å². The van der Waals surface area contributed by atoms with Gasteiger partial charge in [-0.15, -0.1) is 5.10 Å². The molecule has 1 aromatic carbocycles. The third-order valence-electron chi connectivity index (χ3n) is 2.47. The van der Waals surface area contributed by atoms with Crippen molar-refractivity contribution >= 4 is 22.2 Å². The molecule has 0 spiro atoms. The second-order valence-corrected chi connectivity index (χ2v) is 4.59. The van der Waals surface area contributed by atoms with Crippen molar-refractivity contribution in [2.24, 2.45) is 0 Å². The first-order valence-electron chi connectivity index (χ1n) is 5.44. The Labute approximate surface area is 113 Å². The van der Waals surface area contributed by atoms with E-state index in [1.165, 1.54) is 0 Å². The molecule has 94 valence electrons. The molecule has 1 heterocycles. The Morgan fingerprint density at radius 1 is 1.50 bits per heavy atom. The number of benzene rings is 1. The van der Waals surface area contributed by atoms with Crippen LogP contribution in [0.4, 0.5) is 0 Å². The van der Waals surface area contributed by atoms with Crippen molar-refractivity contribution in [3.05, 3.63) is 40.1 Å². The van der Waals surface area contributed by atoms with Crippen molar-refractivity contribution in [3.8, 4) is 5.75 Å². The fraction of sp³-hybridized carbons (Fsp3) is 0.250. The van der Waals surface area contributed by atoms with Crippen LogP contribution in [0.3, 0.4) is 0 Å². The normalized spacial score (nSPS) is 10.3. The smallest absolute Gasteiger partial charge is 0.171 e. The molecular formula is C12H12BrN3O2. The molecule has 0 aliphatic carbocycles. The number of aromatic nitrogens is 3. The second-order valence-electron chi connectivity index (χ2n) is 3.74. The van der Waals surface area contributed by atoms with E-state index in [0.29, 0.717) is 25.1 Å². The first-order valence-corrected chi connectivity index (χ1v) is 6.23. The molecule has 0 radical (unpaired) electrons. The van der Waals surface area contributed by atoms with E-state index >= 15 is 0 Å². The van der Waals surface area contributed by atoms with Gasteiger partial charge in [-0.25, -0.2) is 4.68 Å². The number of halogens is 1. The lowest BCUT2D eigenvalue weighted by Crippen LogP contribution is -2.09. The molecule has 0 atom stereocenters. The standard InChI is InChI=1S/C12H12BrN3O2/c1-9-11(13)3-2-4-12(9)18-6-5-16-7-10(8-17)14-15-16/h2-4,7-8H,5-6H2,1H3. The highest BCUT2D eigenvalue weighted by atomic mass is 79.9. The second kappa shape index (κ2) is 5.77. The van der Waals surface area contributed by atoms with E-state index in [-0.39, 0.29) is 0 Å². The number of hydrogen-bond acceptors (Lipinski definition) is 4. The van der Waals surface area contributed by atoms with Crippen LogP contribution in [0, 0.1) is 6.92 Å². The monoisotopic (exact) mass is 309 g/mol. The first kappa shape index (κ1) is 12.8. The van der Waals surface area contributed by atoms with E-state index in [4.69, 9.17) is 4.74 Å². The van der Waals surface area contributed by atoms with Gasteiger partial charge in [-0.1, -0.05) is 27.2 Å². The SMILES string of the molecule is Cc1c(Br)cccc1OCCn1cc(C=O)nn1. The van der Waals surface area contributed by atoms with Crippen LogP contribution in [-0.2, 0) is 6.54 Å².